The van der Waals surface area contributed by atoms with Gasteiger partial charge in [-0.25, -0.2) is 0 Å². The zero-order valence-corrected chi connectivity index (χ0v) is 11.4. The molecule has 0 saturated heterocycles. The molecule has 0 saturated carbocycles. The summed E-state index contributed by atoms with van der Waals surface area (Å²) in [6, 6.07) is 0. The molecule has 1 aliphatic rings. The normalized spacial score (nSPS) is 18.6. The third-order valence-electron chi connectivity index (χ3n) is 1.39. The van der Waals surface area contributed by atoms with E-state index in [4.69, 9.17) is 5.11 Å². The van der Waals surface area contributed by atoms with Gasteiger partial charge in [-0.2, -0.15) is 0 Å². The molecular weight excluding hydrogens is 380 g/mol. The van der Waals surface area contributed by atoms with Crippen LogP contribution in [0.5, 0.6) is 0 Å². The second-order valence-corrected chi connectivity index (χ2v) is 8.71. The molecule has 1 heterocycles. The minimum absolute atomic E-state index is 0.0425. The molecule has 4 nitrogen and oxygen atoms in total. The molecule has 0 aromatic heterocycles. The summed E-state index contributed by atoms with van der Waals surface area (Å²) >= 11 is -11.2. The van der Waals surface area contributed by atoms with E-state index in [1.807, 2.05) is 4.90 Å². The van der Waals surface area contributed by atoms with Gasteiger partial charge in [-0.1, -0.05) is 6.58 Å². The summed E-state index contributed by atoms with van der Waals surface area (Å²) in [5.74, 6) is -0.819. The predicted molar refractivity (Wildman–Crippen MR) is 52.8 cm³/mol. The molecule has 1 N–H and O–H groups in total. The number of rotatable bonds is 3. The SMILES string of the molecule is C=CN1C=CN(CC(=O)O)C1.[F][Sb-]([F])([F])([F])([F])[F]. The Hall–Kier alpha value is -1.05. The van der Waals surface area contributed by atoms with Gasteiger partial charge in [-0.3, -0.25) is 4.79 Å². The molecule has 0 unspecified atom stereocenters. The predicted octanol–water partition coefficient (Wildman–Crippen LogP) is 2.40. The van der Waals surface area contributed by atoms with E-state index < -0.39 is 25.4 Å². The quantitative estimate of drug-likeness (QED) is 0.594. The molecular formula is C7H10F6N2O2Sb-. The summed E-state index contributed by atoms with van der Waals surface area (Å²) in [4.78, 5) is 13.7. The fourth-order valence-electron chi connectivity index (χ4n) is 0.879. The number of aliphatic carboxylic acids is 1. The molecule has 0 fully saturated rings. The van der Waals surface area contributed by atoms with E-state index in [0.29, 0.717) is 6.67 Å². The molecule has 0 radical (unpaired) electrons. The van der Waals surface area contributed by atoms with Gasteiger partial charge in [0.15, 0.2) is 0 Å². The van der Waals surface area contributed by atoms with Gasteiger partial charge in [0.1, 0.15) is 6.54 Å². The number of halogens is 6. The second kappa shape index (κ2) is 4.56. The van der Waals surface area contributed by atoms with E-state index in [9.17, 15) is 21.7 Å². The van der Waals surface area contributed by atoms with Crippen LogP contribution < -0.4 is 0 Å². The summed E-state index contributed by atoms with van der Waals surface area (Å²) in [6.45, 7) is 4.18. The fraction of sp³-hybridized carbons (Fsp3) is 0.286. The Morgan fingerprint density at radius 3 is 2.00 bits per heavy atom. The van der Waals surface area contributed by atoms with Crippen LogP contribution in [-0.4, -0.2) is 53.6 Å². The first-order valence-electron chi connectivity index (χ1n) is 4.26. The summed E-state index contributed by atoms with van der Waals surface area (Å²) in [7, 11) is 0. The van der Waals surface area contributed by atoms with Crippen LogP contribution in [0.2, 0.25) is 0 Å². The average molecular weight is 390 g/mol. The van der Waals surface area contributed by atoms with Crippen molar-refractivity contribution in [3.05, 3.63) is 25.2 Å². The van der Waals surface area contributed by atoms with Gasteiger partial charge in [-0.15, -0.1) is 0 Å². The summed E-state index contributed by atoms with van der Waals surface area (Å²) in [5.41, 5.74) is 0. The minimum atomic E-state index is -11.2. The number of hydrogen-bond donors (Lipinski definition) is 1. The van der Waals surface area contributed by atoms with Crippen molar-refractivity contribution < 1.29 is 26.8 Å². The van der Waals surface area contributed by atoms with Crippen LogP contribution in [0.4, 0.5) is 16.9 Å². The first-order valence-corrected chi connectivity index (χ1v) is 10.0. The van der Waals surface area contributed by atoms with Crippen LogP contribution >= 0.6 is 0 Å². The van der Waals surface area contributed by atoms with Crippen molar-refractivity contribution >= 4 is 25.4 Å². The molecule has 0 spiro atoms. The first kappa shape index (κ1) is 16.9. The van der Waals surface area contributed by atoms with E-state index in [1.165, 1.54) is 0 Å². The van der Waals surface area contributed by atoms with Crippen molar-refractivity contribution in [2.75, 3.05) is 13.2 Å². The summed E-state index contributed by atoms with van der Waals surface area (Å²) < 4.78 is 59.6. The van der Waals surface area contributed by atoms with Crippen LogP contribution in [0.3, 0.4) is 0 Å². The molecule has 0 aromatic carbocycles. The van der Waals surface area contributed by atoms with Crippen LogP contribution in [0.1, 0.15) is 0 Å². The Bertz CT molecular complexity index is 353. The number of carboxylic acids is 1. The van der Waals surface area contributed by atoms with Gasteiger partial charge >= 0.3 is 42.3 Å². The van der Waals surface area contributed by atoms with Crippen LogP contribution in [0.15, 0.2) is 25.2 Å². The second-order valence-electron chi connectivity index (χ2n) is 3.24. The standard InChI is InChI=1S/C7H10N2O2.6FH.Sb/c1-2-8-3-4-9(6-8)5-7(10)11;;;;;;;/h2-4H,1,5-6H2,(H,10,11);6*1H;/q;;;;;;;+5/p-6. The topological polar surface area (TPSA) is 43.8 Å². The Kier molecular flexibility index (Phi) is 4.30. The van der Waals surface area contributed by atoms with Gasteiger partial charge < -0.3 is 14.9 Å². The molecule has 0 amide bonds. The molecule has 108 valence electrons. The molecule has 11 heteroatoms. The third-order valence-corrected chi connectivity index (χ3v) is 1.39. The molecule has 18 heavy (non-hydrogen) atoms. The van der Waals surface area contributed by atoms with Gasteiger partial charge in [0.25, 0.3) is 0 Å². The van der Waals surface area contributed by atoms with Crippen molar-refractivity contribution in [1.82, 2.24) is 9.80 Å². The zero-order valence-electron chi connectivity index (χ0n) is 8.82. The number of carbonyl (C=O) groups is 1. The molecule has 0 aliphatic carbocycles. The Labute approximate surface area is 101 Å². The molecule has 0 aromatic rings. The van der Waals surface area contributed by atoms with Crippen molar-refractivity contribution in [3.8, 4) is 0 Å². The van der Waals surface area contributed by atoms with E-state index >= 15 is 0 Å². The monoisotopic (exact) mass is 389 g/mol. The fourth-order valence-corrected chi connectivity index (χ4v) is 0.879. The molecule has 1 aliphatic heterocycles. The maximum absolute atomic E-state index is 11.2. The molecule has 0 bridgehead atoms. The molecule has 0 atom stereocenters. The Morgan fingerprint density at radius 2 is 1.72 bits per heavy atom. The van der Waals surface area contributed by atoms with Crippen molar-refractivity contribution in [1.29, 1.82) is 0 Å². The Morgan fingerprint density at radius 1 is 1.28 bits per heavy atom. The van der Waals surface area contributed by atoms with Gasteiger partial charge in [0.2, 0.25) is 0 Å². The third kappa shape index (κ3) is 14.9. The average Bonchev–Trinajstić information content (AvgIpc) is 2.45. The van der Waals surface area contributed by atoms with Crippen LogP contribution in [0, 0.1) is 0 Å². The van der Waals surface area contributed by atoms with Gasteiger partial charge in [-0.05, 0) is 6.20 Å². The van der Waals surface area contributed by atoms with Crippen molar-refractivity contribution in [2.24, 2.45) is 0 Å². The number of nitrogens with zero attached hydrogens (tertiary/aromatic N) is 2. The van der Waals surface area contributed by atoms with Crippen molar-refractivity contribution in [2.45, 2.75) is 0 Å². The summed E-state index contributed by atoms with van der Waals surface area (Å²) in [5, 5.41) is 8.41. The van der Waals surface area contributed by atoms with Gasteiger partial charge in [0, 0.05) is 12.4 Å². The maximum atomic E-state index is 10.2. The van der Waals surface area contributed by atoms with Crippen LogP contribution in [0.25, 0.3) is 0 Å². The molecule has 1 rings (SSSR count). The van der Waals surface area contributed by atoms with Crippen LogP contribution in [-0.2, 0) is 4.79 Å². The zero-order chi connectivity index (χ0) is 14.7. The van der Waals surface area contributed by atoms with E-state index in [0.717, 1.165) is 0 Å². The van der Waals surface area contributed by atoms with E-state index in [1.54, 1.807) is 23.5 Å². The first-order chi connectivity index (χ1) is 7.67. The number of carboxylic acid groups (broad SMARTS) is 1. The van der Waals surface area contributed by atoms with E-state index in [2.05, 4.69) is 6.58 Å². The summed E-state index contributed by atoms with van der Waals surface area (Å²) in [6.07, 6.45) is 5.17. The van der Waals surface area contributed by atoms with Gasteiger partial charge in [0.05, 0.1) is 6.67 Å². The van der Waals surface area contributed by atoms with E-state index in [-0.39, 0.29) is 6.54 Å². The van der Waals surface area contributed by atoms with Crippen molar-refractivity contribution in [3.63, 3.8) is 0 Å². The Balaban J connectivity index is 0.000000360. The number of hydrogen-bond acceptors (Lipinski definition) is 3.